The number of rotatable bonds is 5. The molecule has 0 saturated heterocycles. The molecule has 0 aliphatic heterocycles. The molecule has 2 rings (SSSR count). The van der Waals surface area contributed by atoms with Crippen LogP contribution in [0.25, 0.3) is 0 Å². The Labute approximate surface area is 93.6 Å². The highest BCUT2D eigenvalue weighted by Crippen LogP contribution is 2.27. The van der Waals surface area contributed by atoms with Crippen molar-refractivity contribution in [2.24, 2.45) is 0 Å². The summed E-state index contributed by atoms with van der Waals surface area (Å²) in [5, 5.41) is 1.07. The van der Waals surface area contributed by atoms with Crippen molar-refractivity contribution in [1.82, 2.24) is 0 Å². The summed E-state index contributed by atoms with van der Waals surface area (Å²) in [6.07, 6.45) is 5.28. The maximum absolute atomic E-state index is 5.73. The molecule has 0 heterocycles. The third-order valence-corrected chi connectivity index (χ3v) is 2.89. The molecule has 1 fully saturated rings. The number of alkyl halides is 1. The van der Waals surface area contributed by atoms with E-state index in [4.69, 9.17) is 4.74 Å². The molecule has 0 unspecified atom stereocenters. The van der Waals surface area contributed by atoms with E-state index >= 15 is 0 Å². The Morgan fingerprint density at radius 1 is 1.36 bits per heavy atom. The molecule has 2 heteroatoms. The van der Waals surface area contributed by atoms with Crippen LogP contribution < -0.4 is 4.74 Å². The molecule has 1 nitrogen and oxygen atoms in total. The summed E-state index contributed by atoms with van der Waals surface area (Å²) in [7, 11) is 0. The van der Waals surface area contributed by atoms with Gasteiger partial charge in [0.15, 0.2) is 0 Å². The highest BCUT2D eigenvalue weighted by molar-refractivity contribution is 9.09. The summed E-state index contributed by atoms with van der Waals surface area (Å²) in [4.78, 5) is 0. The first-order valence-corrected chi connectivity index (χ1v) is 6.32. The largest absolute Gasteiger partial charge is 0.490 e. The standard InChI is InChI=1S/C12H15BrO/c13-8-2-4-10-3-1-5-12(9-10)14-11-6-7-11/h1,3,5,9,11H,2,4,6-8H2. The van der Waals surface area contributed by atoms with Crippen LogP contribution in [0.3, 0.4) is 0 Å². The van der Waals surface area contributed by atoms with Crippen LogP contribution in [0.15, 0.2) is 24.3 Å². The van der Waals surface area contributed by atoms with Gasteiger partial charge in [-0.1, -0.05) is 28.1 Å². The Balaban J connectivity index is 1.94. The Morgan fingerprint density at radius 2 is 2.21 bits per heavy atom. The number of benzene rings is 1. The molecular formula is C12H15BrO. The van der Waals surface area contributed by atoms with Gasteiger partial charge >= 0.3 is 0 Å². The van der Waals surface area contributed by atoms with Crippen LogP contribution in [0.5, 0.6) is 5.75 Å². The van der Waals surface area contributed by atoms with Gasteiger partial charge in [-0.3, -0.25) is 0 Å². The fourth-order valence-corrected chi connectivity index (χ4v) is 1.70. The van der Waals surface area contributed by atoms with Crippen molar-refractivity contribution in [3.63, 3.8) is 0 Å². The molecule has 1 aromatic rings. The molecule has 0 spiro atoms. The predicted molar refractivity (Wildman–Crippen MR) is 62.2 cm³/mol. The van der Waals surface area contributed by atoms with Gasteiger partial charge in [-0.25, -0.2) is 0 Å². The van der Waals surface area contributed by atoms with Gasteiger partial charge in [-0.2, -0.15) is 0 Å². The van der Waals surface area contributed by atoms with Crippen LogP contribution >= 0.6 is 15.9 Å². The smallest absolute Gasteiger partial charge is 0.119 e. The van der Waals surface area contributed by atoms with Gasteiger partial charge in [0.2, 0.25) is 0 Å². The van der Waals surface area contributed by atoms with E-state index in [1.165, 1.54) is 24.8 Å². The zero-order valence-electron chi connectivity index (χ0n) is 8.21. The van der Waals surface area contributed by atoms with Crippen LogP contribution in [0, 0.1) is 0 Å². The van der Waals surface area contributed by atoms with Crippen LogP contribution in [0.1, 0.15) is 24.8 Å². The number of halogens is 1. The van der Waals surface area contributed by atoms with E-state index in [2.05, 4.69) is 40.2 Å². The molecule has 1 saturated carbocycles. The van der Waals surface area contributed by atoms with Gasteiger partial charge in [0.25, 0.3) is 0 Å². The molecule has 0 bridgehead atoms. The van der Waals surface area contributed by atoms with E-state index in [0.717, 1.165) is 17.5 Å². The number of ether oxygens (including phenoxy) is 1. The lowest BCUT2D eigenvalue weighted by atomic mass is 10.1. The zero-order valence-corrected chi connectivity index (χ0v) is 9.79. The second-order valence-electron chi connectivity index (χ2n) is 3.76. The fourth-order valence-electron chi connectivity index (χ4n) is 1.42. The number of hydrogen-bond donors (Lipinski definition) is 0. The molecular weight excluding hydrogens is 240 g/mol. The van der Waals surface area contributed by atoms with E-state index in [1.807, 2.05) is 0 Å². The maximum Gasteiger partial charge on any atom is 0.119 e. The van der Waals surface area contributed by atoms with Gasteiger partial charge in [0.1, 0.15) is 5.75 Å². The summed E-state index contributed by atoms with van der Waals surface area (Å²) < 4.78 is 5.73. The molecule has 1 aromatic carbocycles. The summed E-state index contributed by atoms with van der Waals surface area (Å²) in [5.41, 5.74) is 1.38. The van der Waals surface area contributed by atoms with E-state index in [1.54, 1.807) is 0 Å². The Bertz CT molecular complexity index is 294. The first-order chi connectivity index (χ1) is 6.88. The molecule has 0 aromatic heterocycles. The van der Waals surface area contributed by atoms with Crippen LogP contribution in [-0.4, -0.2) is 11.4 Å². The highest BCUT2D eigenvalue weighted by Gasteiger charge is 2.23. The molecule has 14 heavy (non-hydrogen) atoms. The van der Waals surface area contributed by atoms with Crippen molar-refractivity contribution in [3.05, 3.63) is 29.8 Å². The minimum Gasteiger partial charge on any atom is -0.490 e. The van der Waals surface area contributed by atoms with E-state index in [-0.39, 0.29) is 0 Å². The van der Waals surface area contributed by atoms with E-state index in [9.17, 15) is 0 Å². The van der Waals surface area contributed by atoms with Crippen molar-refractivity contribution in [1.29, 1.82) is 0 Å². The lowest BCUT2D eigenvalue weighted by molar-refractivity contribution is 0.303. The lowest BCUT2D eigenvalue weighted by Crippen LogP contribution is -1.96. The first-order valence-electron chi connectivity index (χ1n) is 5.20. The third-order valence-electron chi connectivity index (χ3n) is 2.32. The molecule has 1 aliphatic rings. The zero-order chi connectivity index (χ0) is 9.80. The van der Waals surface area contributed by atoms with Crippen molar-refractivity contribution < 1.29 is 4.74 Å². The predicted octanol–water partition coefficient (Wildman–Crippen LogP) is 3.56. The van der Waals surface area contributed by atoms with Gasteiger partial charge in [-0.05, 0) is 43.4 Å². The lowest BCUT2D eigenvalue weighted by Gasteiger charge is -2.06. The van der Waals surface area contributed by atoms with Gasteiger partial charge in [0, 0.05) is 5.33 Å². The summed E-state index contributed by atoms with van der Waals surface area (Å²) >= 11 is 3.44. The molecule has 0 amide bonds. The van der Waals surface area contributed by atoms with Crippen molar-refractivity contribution >= 4 is 15.9 Å². The van der Waals surface area contributed by atoms with E-state index < -0.39 is 0 Å². The van der Waals surface area contributed by atoms with Crippen LogP contribution in [0.2, 0.25) is 0 Å². The van der Waals surface area contributed by atoms with Crippen LogP contribution in [0.4, 0.5) is 0 Å². The fraction of sp³-hybridized carbons (Fsp3) is 0.500. The monoisotopic (exact) mass is 254 g/mol. The maximum atomic E-state index is 5.73. The first kappa shape index (κ1) is 10.0. The Kier molecular flexibility index (Phi) is 3.46. The molecule has 0 radical (unpaired) electrons. The number of hydrogen-bond acceptors (Lipinski definition) is 1. The van der Waals surface area contributed by atoms with Gasteiger partial charge in [0.05, 0.1) is 6.10 Å². The molecule has 0 N–H and O–H groups in total. The van der Waals surface area contributed by atoms with Gasteiger partial charge in [-0.15, -0.1) is 0 Å². The molecule has 0 atom stereocenters. The second-order valence-corrected chi connectivity index (χ2v) is 4.55. The SMILES string of the molecule is BrCCCc1cccc(OC2CC2)c1. The van der Waals surface area contributed by atoms with Crippen molar-refractivity contribution in [3.8, 4) is 5.75 Å². The average molecular weight is 255 g/mol. The van der Waals surface area contributed by atoms with Gasteiger partial charge < -0.3 is 4.74 Å². The second kappa shape index (κ2) is 4.83. The molecule has 76 valence electrons. The van der Waals surface area contributed by atoms with Crippen molar-refractivity contribution in [2.75, 3.05) is 5.33 Å². The summed E-state index contributed by atoms with van der Waals surface area (Å²) in [5.74, 6) is 1.04. The molecule has 1 aliphatic carbocycles. The van der Waals surface area contributed by atoms with Crippen LogP contribution in [-0.2, 0) is 6.42 Å². The Hall–Kier alpha value is -0.500. The summed E-state index contributed by atoms with van der Waals surface area (Å²) in [6.45, 7) is 0. The van der Waals surface area contributed by atoms with Crippen molar-refractivity contribution in [2.45, 2.75) is 31.8 Å². The minimum absolute atomic E-state index is 0.501. The van der Waals surface area contributed by atoms with E-state index in [0.29, 0.717) is 6.10 Å². The minimum atomic E-state index is 0.501. The average Bonchev–Trinajstić information content (AvgIpc) is 2.99. The quantitative estimate of drug-likeness (QED) is 0.731. The third kappa shape index (κ3) is 3.02. The Morgan fingerprint density at radius 3 is 2.93 bits per heavy atom. The highest BCUT2D eigenvalue weighted by atomic mass is 79.9. The topological polar surface area (TPSA) is 9.23 Å². The number of aryl methyl sites for hydroxylation is 1. The normalized spacial score (nSPS) is 15.5. The summed E-state index contributed by atoms with van der Waals surface area (Å²) in [6, 6.07) is 8.47.